The van der Waals surface area contributed by atoms with Crippen LogP contribution in [0.5, 0.6) is 11.5 Å². The summed E-state index contributed by atoms with van der Waals surface area (Å²) < 4.78 is 17.5. The highest BCUT2D eigenvalue weighted by atomic mass is 16.5. The lowest BCUT2D eigenvalue weighted by Gasteiger charge is -2.33. The van der Waals surface area contributed by atoms with Crippen LogP contribution in [0.4, 0.5) is 17.3 Å². The summed E-state index contributed by atoms with van der Waals surface area (Å²) >= 11 is 0. The highest BCUT2D eigenvalue weighted by Gasteiger charge is 2.41. The molecular weight excluding hydrogens is 743 g/mol. The largest absolute Gasteiger partial charge is 0.457 e. The second kappa shape index (κ2) is 20.3. The number of amides is 3. The van der Waals surface area contributed by atoms with Gasteiger partial charge in [0, 0.05) is 50.4 Å². The number of nitrogens with zero attached hydrogens (tertiary/aromatic N) is 4. The minimum absolute atomic E-state index is 0.00997. The predicted octanol–water partition coefficient (Wildman–Crippen LogP) is 3.98. The van der Waals surface area contributed by atoms with Gasteiger partial charge in [-0.25, -0.2) is 9.97 Å². The van der Waals surface area contributed by atoms with Crippen molar-refractivity contribution in [1.29, 1.82) is 5.41 Å². The lowest BCUT2D eigenvalue weighted by molar-refractivity contribution is -0.121. The van der Waals surface area contributed by atoms with E-state index in [2.05, 4.69) is 30.8 Å². The van der Waals surface area contributed by atoms with Gasteiger partial charge in [-0.2, -0.15) is 0 Å². The number of benzene rings is 3. The first kappa shape index (κ1) is 41.4. The van der Waals surface area contributed by atoms with E-state index in [1.165, 1.54) is 13.4 Å². The van der Waals surface area contributed by atoms with E-state index in [9.17, 15) is 19.2 Å². The van der Waals surface area contributed by atoms with Crippen molar-refractivity contribution >= 4 is 47.0 Å². The molecule has 0 saturated carbocycles. The molecule has 0 spiro atoms. The number of fused-ring (bicyclic) bond motifs is 1. The molecule has 304 valence electrons. The molecule has 0 aliphatic carbocycles. The lowest BCUT2D eigenvalue weighted by Crippen LogP contribution is -2.43. The van der Waals surface area contributed by atoms with Gasteiger partial charge >= 0.3 is 0 Å². The molecule has 2 aliphatic heterocycles. The van der Waals surface area contributed by atoms with Gasteiger partial charge in [0.2, 0.25) is 5.91 Å². The van der Waals surface area contributed by atoms with E-state index in [-0.39, 0.29) is 47.4 Å². The number of aldehydes is 1. The van der Waals surface area contributed by atoms with E-state index in [0.717, 1.165) is 43.1 Å². The highest BCUT2D eigenvalue weighted by Crippen LogP contribution is 2.31. The Kier molecular flexibility index (Phi) is 14.5. The Balaban J connectivity index is 0.901. The fourth-order valence-electron chi connectivity index (χ4n) is 6.97. The third kappa shape index (κ3) is 10.4. The normalized spacial score (nSPS) is 15.7. The van der Waals surface area contributed by atoms with Crippen molar-refractivity contribution in [2.24, 2.45) is 0 Å². The number of piperidine rings is 1. The van der Waals surface area contributed by atoms with E-state index >= 15 is 0 Å². The van der Waals surface area contributed by atoms with Gasteiger partial charge in [0.15, 0.2) is 0 Å². The van der Waals surface area contributed by atoms with Gasteiger partial charge in [0.1, 0.15) is 35.7 Å². The average Bonchev–Trinajstić information content (AvgIpc) is 3.50. The van der Waals surface area contributed by atoms with Crippen LogP contribution in [0, 0.1) is 5.41 Å². The number of nitrogens with one attached hydrogen (secondary N) is 4. The number of anilines is 3. The SMILES string of the molecule is CNC(=O)CCC(C=O)N1C(=O)c2cccc(NCCOCCOCCN3CCCC(Nc4ncnc(N)c4C(=N)c4ccc(Oc5ccccc5)cc4)C3)c2C1=O. The highest BCUT2D eigenvalue weighted by molar-refractivity contribution is 6.24. The molecule has 6 rings (SSSR count). The molecule has 16 nitrogen and oxygen atoms in total. The Morgan fingerprint density at radius 1 is 0.966 bits per heavy atom. The number of hydrogen-bond acceptors (Lipinski definition) is 14. The Morgan fingerprint density at radius 2 is 1.72 bits per heavy atom. The molecule has 16 heteroatoms. The molecule has 2 aliphatic rings. The number of imide groups is 1. The summed E-state index contributed by atoms with van der Waals surface area (Å²) in [5, 5.41) is 18.2. The van der Waals surface area contributed by atoms with Crippen molar-refractivity contribution in [3.63, 3.8) is 0 Å². The molecule has 4 aromatic rings. The van der Waals surface area contributed by atoms with Crippen molar-refractivity contribution in [1.82, 2.24) is 25.1 Å². The molecular formula is C42H49N9O7. The van der Waals surface area contributed by atoms with Gasteiger partial charge in [-0.1, -0.05) is 24.3 Å². The third-order valence-electron chi connectivity index (χ3n) is 9.96. The minimum atomic E-state index is -1.04. The van der Waals surface area contributed by atoms with Gasteiger partial charge in [-0.15, -0.1) is 0 Å². The van der Waals surface area contributed by atoms with Gasteiger partial charge in [0.05, 0.1) is 54.9 Å². The Morgan fingerprint density at radius 3 is 2.48 bits per heavy atom. The number of nitrogen functional groups attached to an aromatic ring is 1. The van der Waals surface area contributed by atoms with E-state index in [4.69, 9.17) is 25.4 Å². The topological polar surface area (TPSA) is 214 Å². The van der Waals surface area contributed by atoms with Crippen LogP contribution in [-0.2, 0) is 19.1 Å². The first-order chi connectivity index (χ1) is 28.3. The maximum atomic E-state index is 13.3. The number of carbonyl (C=O) groups excluding carboxylic acids is 4. The number of carbonyl (C=O) groups is 4. The number of aromatic nitrogens is 2. The summed E-state index contributed by atoms with van der Waals surface area (Å²) in [5.41, 5.74) is 8.53. The first-order valence-electron chi connectivity index (χ1n) is 19.3. The van der Waals surface area contributed by atoms with Crippen LogP contribution >= 0.6 is 0 Å². The smallest absolute Gasteiger partial charge is 0.264 e. The summed E-state index contributed by atoms with van der Waals surface area (Å²) in [5.74, 6) is 0.736. The van der Waals surface area contributed by atoms with E-state index in [1.807, 2.05) is 54.6 Å². The van der Waals surface area contributed by atoms with Crippen LogP contribution in [0.3, 0.4) is 0 Å². The number of nitrogens with two attached hydrogens (primary N) is 1. The Bertz CT molecular complexity index is 2070. The molecule has 1 aromatic heterocycles. The Hall–Kier alpha value is -6.23. The first-order valence-corrected chi connectivity index (χ1v) is 19.3. The van der Waals surface area contributed by atoms with Crippen LogP contribution in [0.15, 0.2) is 79.1 Å². The predicted molar refractivity (Wildman–Crippen MR) is 219 cm³/mol. The maximum Gasteiger partial charge on any atom is 0.264 e. The molecule has 58 heavy (non-hydrogen) atoms. The van der Waals surface area contributed by atoms with Crippen LogP contribution < -0.4 is 26.4 Å². The zero-order valence-electron chi connectivity index (χ0n) is 32.4. The maximum absolute atomic E-state index is 13.3. The average molecular weight is 792 g/mol. The van der Waals surface area contributed by atoms with Crippen molar-refractivity contribution in [3.05, 3.63) is 101 Å². The number of para-hydroxylation sites is 1. The molecule has 6 N–H and O–H groups in total. The molecule has 3 heterocycles. The zero-order valence-corrected chi connectivity index (χ0v) is 32.4. The Labute approximate surface area is 337 Å². The van der Waals surface area contributed by atoms with Crippen LogP contribution in [0.25, 0.3) is 0 Å². The molecule has 0 radical (unpaired) electrons. The zero-order chi connectivity index (χ0) is 40.9. The second-order valence-electron chi connectivity index (χ2n) is 13.9. The number of hydrogen-bond donors (Lipinski definition) is 5. The quantitative estimate of drug-likeness (QED) is 0.0350. The molecule has 2 atom stereocenters. The lowest BCUT2D eigenvalue weighted by atomic mass is 10.0. The monoisotopic (exact) mass is 791 g/mol. The van der Waals surface area contributed by atoms with Crippen LogP contribution in [0.2, 0.25) is 0 Å². The molecule has 3 amide bonds. The fraction of sp³-hybridized carbons (Fsp3) is 0.357. The molecule has 1 saturated heterocycles. The van der Waals surface area contributed by atoms with Gasteiger partial charge in [-0.05, 0) is 74.3 Å². The van der Waals surface area contributed by atoms with Crippen molar-refractivity contribution in [2.75, 3.05) is 76.0 Å². The molecule has 3 aromatic carbocycles. The molecule has 0 bridgehead atoms. The minimum Gasteiger partial charge on any atom is -0.457 e. The second-order valence-corrected chi connectivity index (χ2v) is 13.9. The van der Waals surface area contributed by atoms with E-state index in [1.54, 1.807) is 18.2 Å². The summed E-state index contributed by atoms with van der Waals surface area (Å²) in [4.78, 5) is 61.7. The van der Waals surface area contributed by atoms with Crippen LogP contribution in [-0.4, -0.2) is 121 Å². The van der Waals surface area contributed by atoms with Crippen molar-refractivity contribution in [3.8, 4) is 11.5 Å². The van der Waals surface area contributed by atoms with Crippen LogP contribution in [0.1, 0.15) is 57.5 Å². The summed E-state index contributed by atoms with van der Waals surface area (Å²) in [7, 11) is 1.48. The summed E-state index contributed by atoms with van der Waals surface area (Å²) in [6.07, 6.45) is 3.92. The number of ether oxygens (including phenoxy) is 3. The third-order valence-corrected chi connectivity index (χ3v) is 9.96. The summed E-state index contributed by atoms with van der Waals surface area (Å²) in [6, 6.07) is 20.8. The fourth-order valence-corrected chi connectivity index (χ4v) is 6.97. The van der Waals surface area contributed by atoms with Crippen molar-refractivity contribution in [2.45, 2.75) is 37.8 Å². The van der Waals surface area contributed by atoms with Gasteiger partial charge in [0.25, 0.3) is 11.8 Å². The van der Waals surface area contributed by atoms with E-state index < -0.39 is 17.9 Å². The number of likely N-dealkylation sites (tertiary alicyclic amines) is 1. The van der Waals surface area contributed by atoms with Gasteiger partial charge < -0.3 is 40.7 Å². The molecule has 2 unspecified atom stereocenters. The van der Waals surface area contributed by atoms with E-state index in [0.29, 0.717) is 67.6 Å². The standard InChI is InChI=1S/C42H49N9O7/c1-45-35(53)17-14-30(26-52)51-41(54)33-10-5-11-34(36(33)42(51)55)46-18-21-56-23-24-57-22-20-50-19-6-7-29(25-50)49-40-37(39(44)47-27-48-40)38(43)28-12-15-32(16-13-28)58-31-8-3-2-4-9-31/h2-5,8-13,15-16,26-27,29-30,43,46H,6-7,14,17-25H2,1H3,(H,45,53)(H3,44,47,48,49). The van der Waals surface area contributed by atoms with Crippen molar-refractivity contribution < 1.29 is 33.4 Å². The number of rotatable bonds is 21. The summed E-state index contributed by atoms with van der Waals surface area (Å²) in [6.45, 7) is 4.49. The molecule has 1 fully saturated rings. The van der Waals surface area contributed by atoms with Gasteiger partial charge in [-0.3, -0.25) is 29.6 Å².